The van der Waals surface area contributed by atoms with Crippen molar-refractivity contribution in [2.75, 3.05) is 39.6 Å². The van der Waals surface area contributed by atoms with E-state index in [4.69, 9.17) is 72.7 Å². The van der Waals surface area contributed by atoms with Crippen LogP contribution in [0.15, 0.2) is 12.4 Å². The molecule has 0 saturated carbocycles. The molecule has 18 N–H and O–H groups in total. The van der Waals surface area contributed by atoms with Gasteiger partial charge >= 0.3 is 35.8 Å². The number of terminal acetylenes is 1. The molecule has 0 radical (unpaired) electrons. The molecule has 5 aliphatic heterocycles. The molecule has 5 saturated heterocycles. The van der Waals surface area contributed by atoms with E-state index in [-0.39, 0.29) is 11.4 Å². The van der Waals surface area contributed by atoms with E-state index in [0.717, 1.165) is 49.5 Å². The van der Waals surface area contributed by atoms with Gasteiger partial charge in [-0.15, -0.1) is 16.6 Å². The summed E-state index contributed by atoms with van der Waals surface area (Å²) >= 11 is 0. The standard InChI is InChI=1S/C57H82N8O38/c1-6-7-90-51-44(84)42(82)40(80)31(99-51)19-94-56(54(86)87)8-27(72)36(47(102-56)38(78)29(74)14-66)58-34(76)12-64-10-25(60-62-64)16-92-52-45(85)43(83)41(81)32(100-52)20-95-57(55(88)89)9-28(73)37(48(103-57)39(79)30(75)15-67)59-35(77)13-65-11-26(61-63-65)17-93-53-50(98-24(5)71)49(97-23(4)70)46(96-22(3)69)33(101-53)18-91-21(2)68/h1,10-11,27-33,36-53,66-67,72-75,78-85H,7-9,12-20H2,2-5H3,(H,58,76)(H,59,77)(H,86,87)(H,88,89)/t27-,28-,29+,30+,31+,32+,33+,36+,37+,38+,39+,40-,41-,42-,43-,44+,45+,46-,47+,48+,49-,50+,51+,52+,53+,56+,57+/m0/s1. The minimum atomic E-state index is -3.08. The van der Waals surface area contributed by atoms with Crippen LogP contribution in [0.25, 0.3) is 0 Å². The molecule has 0 bridgehead atoms. The molecule has 46 nitrogen and oxygen atoms in total. The Labute approximate surface area is 580 Å². The van der Waals surface area contributed by atoms with Crippen molar-refractivity contribution >= 4 is 47.6 Å². The summed E-state index contributed by atoms with van der Waals surface area (Å²) in [5.41, 5.74) is -0.192. The van der Waals surface area contributed by atoms with Crippen molar-refractivity contribution in [3.05, 3.63) is 23.8 Å². The van der Waals surface area contributed by atoms with Crippen LogP contribution in [-0.2, 0) is 131 Å². The van der Waals surface area contributed by atoms with Gasteiger partial charge in [-0.25, -0.2) is 19.0 Å². The largest absolute Gasteiger partial charge is 0.477 e. The molecular formula is C57H82N8O38. The van der Waals surface area contributed by atoms with Gasteiger partial charge < -0.3 is 159 Å². The van der Waals surface area contributed by atoms with E-state index in [1.54, 1.807) is 0 Å². The lowest BCUT2D eigenvalue weighted by molar-refractivity contribution is -0.339. The van der Waals surface area contributed by atoms with Crippen LogP contribution >= 0.6 is 0 Å². The average Bonchev–Trinajstić information content (AvgIpc) is 1.23. The molecule has 5 aliphatic rings. The van der Waals surface area contributed by atoms with E-state index in [2.05, 4.69) is 37.2 Å². The summed E-state index contributed by atoms with van der Waals surface area (Å²) in [5, 5.41) is 191. The fourth-order valence-electron chi connectivity index (χ4n) is 11.4. The van der Waals surface area contributed by atoms with Crippen LogP contribution in [0.4, 0.5) is 0 Å². The van der Waals surface area contributed by atoms with Crippen LogP contribution in [0.3, 0.4) is 0 Å². The summed E-state index contributed by atoms with van der Waals surface area (Å²) in [6, 6.07) is -3.64. The molecule has 0 spiro atoms. The molecule has 46 heteroatoms. The maximum Gasteiger partial charge on any atom is 0.364 e. The molecule has 578 valence electrons. The van der Waals surface area contributed by atoms with Crippen molar-refractivity contribution in [1.29, 1.82) is 0 Å². The Morgan fingerprint density at radius 2 is 0.951 bits per heavy atom. The van der Waals surface area contributed by atoms with Crippen LogP contribution in [0.2, 0.25) is 0 Å². The van der Waals surface area contributed by atoms with Gasteiger partial charge in [0.1, 0.15) is 129 Å². The molecule has 7 rings (SSSR count). The number of aliphatic hydroxyl groups excluding tert-OH is 14. The van der Waals surface area contributed by atoms with Crippen LogP contribution in [0.1, 0.15) is 51.9 Å². The first-order valence-corrected chi connectivity index (χ1v) is 31.3. The van der Waals surface area contributed by atoms with Crippen molar-refractivity contribution < 1.29 is 186 Å². The minimum Gasteiger partial charge on any atom is -0.477 e. The predicted molar refractivity (Wildman–Crippen MR) is 315 cm³/mol. The molecule has 2 aromatic heterocycles. The minimum absolute atomic E-state index is 0.0514. The summed E-state index contributed by atoms with van der Waals surface area (Å²) in [6.45, 7) is -4.11. The SMILES string of the molecule is C#CCO[C@@H]1O[C@H](CO[C@]2(C(=O)O)C[C@H](O)[C@@H](NC(=O)Cn3cc(CO[C@@H]4O[C@H](CO[C@]5(C(=O)O)C[C@H](O)[C@@H](NC(=O)Cn6cc(CO[C@@H]7O[C@H](COC(C)=O)[C@H](OC(C)=O)[C@H](OC(C)=O)[C@H]7OC(C)=O)nn6)[C@H]([C@H](O)[C@H](O)CO)O5)[C@H](O)[C@H](O)[C@H]4O)nn3)[C@H]([C@H](O)[C@H](O)CO)O2)[C@H](O)[C@H](O)[C@H]1O. The van der Waals surface area contributed by atoms with Crippen molar-refractivity contribution in [2.45, 2.75) is 231 Å². The molecular weight excluding hydrogens is 1400 g/mol. The Kier molecular flexibility index (Phi) is 29.4. The Morgan fingerprint density at radius 1 is 0.553 bits per heavy atom. The lowest BCUT2D eigenvalue weighted by Gasteiger charge is -2.47. The van der Waals surface area contributed by atoms with E-state index in [1.807, 2.05) is 0 Å². The molecule has 0 unspecified atom stereocenters. The third-order valence-electron chi connectivity index (χ3n) is 16.4. The number of esters is 4. The number of hydrogen-bond acceptors (Lipinski definition) is 40. The molecule has 0 aromatic carbocycles. The Balaban J connectivity index is 0.962. The van der Waals surface area contributed by atoms with Crippen LogP contribution < -0.4 is 10.6 Å². The number of carboxylic acid groups (broad SMARTS) is 2. The normalized spacial score (nSPS) is 35.0. The quantitative estimate of drug-likeness (QED) is 0.0179. The average molecular weight is 1490 g/mol. The van der Waals surface area contributed by atoms with E-state index < -0.39 is 291 Å². The van der Waals surface area contributed by atoms with Crippen molar-refractivity contribution in [3.63, 3.8) is 0 Å². The first kappa shape index (κ1) is 82.9. The fraction of sp³-hybridized carbons (Fsp3) is 0.754. The van der Waals surface area contributed by atoms with Crippen LogP contribution in [0, 0.1) is 12.3 Å². The number of carbonyl (C=O) groups is 8. The first-order valence-electron chi connectivity index (χ1n) is 31.3. The molecule has 2 amide bonds. The second kappa shape index (κ2) is 36.6. The number of carbonyl (C=O) groups excluding carboxylic acids is 6. The Bertz CT molecular complexity index is 3250. The zero-order valence-electron chi connectivity index (χ0n) is 55.0. The highest BCUT2D eigenvalue weighted by molar-refractivity contribution is 5.78. The van der Waals surface area contributed by atoms with Gasteiger partial charge in [-0.2, -0.15) is 0 Å². The zero-order valence-corrected chi connectivity index (χ0v) is 55.0. The number of nitrogens with zero attached hydrogens (tertiary/aromatic N) is 6. The number of carboxylic acids is 2. The van der Waals surface area contributed by atoms with Gasteiger partial charge in [0.25, 0.3) is 11.6 Å². The monoisotopic (exact) mass is 1490 g/mol. The molecule has 27 atom stereocenters. The molecule has 0 aliphatic carbocycles. The van der Waals surface area contributed by atoms with Gasteiger partial charge in [-0.3, -0.25) is 28.8 Å². The Hall–Kier alpha value is -7.36. The molecule has 2 aromatic rings. The number of aliphatic hydroxyl groups is 14. The summed E-state index contributed by atoms with van der Waals surface area (Å²) < 4.78 is 79.0. The molecule has 103 heavy (non-hydrogen) atoms. The summed E-state index contributed by atoms with van der Waals surface area (Å²) in [7, 11) is 0. The predicted octanol–water partition coefficient (Wildman–Crippen LogP) is -12.8. The van der Waals surface area contributed by atoms with Gasteiger partial charge in [0.2, 0.25) is 11.8 Å². The van der Waals surface area contributed by atoms with E-state index in [9.17, 15) is 120 Å². The number of nitrogens with one attached hydrogen (secondary N) is 2. The number of amides is 2. The van der Waals surface area contributed by atoms with Gasteiger partial charge in [0.05, 0.1) is 76.3 Å². The lowest BCUT2D eigenvalue weighted by Crippen LogP contribution is -2.68. The summed E-state index contributed by atoms with van der Waals surface area (Å²) in [6.07, 6.45) is -38.8. The van der Waals surface area contributed by atoms with E-state index >= 15 is 0 Å². The highest BCUT2D eigenvalue weighted by Crippen LogP contribution is 2.38. The van der Waals surface area contributed by atoms with Crippen molar-refractivity contribution in [3.8, 4) is 12.3 Å². The number of ether oxygens (including phenoxy) is 14. The van der Waals surface area contributed by atoms with E-state index in [1.165, 1.54) is 0 Å². The number of aromatic nitrogens is 6. The topological polar surface area (TPSA) is 675 Å². The van der Waals surface area contributed by atoms with Gasteiger partial charge in [0.15, 0.2) is 37.2 Å². The number of hydrogen-bond donors (Lipinski definition) is 18. The van der Waals surface area contributed by atoms with Gasteiger partial charge in [0, 0.05) is 40.5 Å². The van der Waals surface area contributed by atoms with Crippen LogP contribution in [-0.4, -0.2) is 364 Å². The zero-order chi connectivity index (χ0) is 76.1. The highest BCUT2D eigenvalue weighted by Gasteiger charge is 2.60. The summed E-state index contributed by atoms with van der Waals surface area (Å²) in [5.74, 6) is -13.5. The molecule has 5 fully saturated rings. The second-order valence-corrected chi connectivity index (χ2v) is 24.2. The van der Waals surface area contributed by atoms with E-state index in [0.29, 0.717) is 0 Å². The van der Waals surface area contributed by atoms with Gasteiger partial charge in [-0.05, 0) is 0 Å². The Morgan fingerprint density at radius 3 is 1.35 bits per heavy atom. The van der Waals surface area contributed by atoms with Crippen molar-refractivity contribution in [2.24, 2.45) is 0 Å². The number of rotatable bonds is 33. The summed E-state index contributed by atoms with van der Waals surface area (Å²) in [4.78, 5) is 101. The first-order chi connectivity index (χ1) is 48.6. The highest BCUT2D eigenvalue weighted by atomic mass is 16.8. The maximum atomic E-state index is 13.6. The van der Waals surface area contributed by atoms with Gasteiger partial charge in [-0.1, -0.05) is 16.3 Å². The maximum absolute atomic E-state index is 13.6. The lowest BCUT2D eigenvalue weighted by atomic mass is 9.88. The van der Waals surface area contributed by atoms with Crippen molar-refractivity contribution in [1.82, 2.24) is 40.6 Å². The fourth-order valence-corrected chi connectivity index (χ4v) is 11.4. The number of aliphatic carboxylic acids is 2. The van der Waals surface area contributed by atoms with Crippen LogP contribution in [0.5, 0.6) is 0 Å². The third kappa shape index (κ3) is 20.8. The smallest absolute Gasteiger partial charge is 0.364 e. The second-order valence-electron chi connectivity index (χ2n) is 24.2. The third-order valence-corrected chi connectivity index (χ3v) is 16.4. The molecule has 7 heterocycles.